The third-order valence-electron chi connectivity index (χ3n) is 4.10. The minimum atomic E-state index is 0.147. The van der Waals surface area contributed by atoms with Crippen LogP contribution in [0.4, 0.5) is 0 Å². The van der Waals surface area contributed by atoms with Gasteiger partial charge < -0.3 is 9.47 Å². The van der Waals surface area contributed by atoms with Gasteiger partial charge in [0.25, 0.3) is 0 Å². The van der Waals surface area contributed by atoms with Crippen molar-refractivity contribution in [3.63, 3.8) is 0 Å². The second-order valence-corrected chi connectivity index (χ2v) is 5.97. The normalized spacial score (nSPS) is 19.0. The fourth-order valence-corrected chi connectivity index (χ4v) is 2.99. The highest BCUT2D eigenvalue weighted by molar-refractivity contribution is 5.28. The lowest BCUT2D eigenvalue weighted by Crippen LogP contribution is -2.43. The van der Waals surface area contributed by atoms with E-state index in [1.165, 1.54) is 5.56 Å². The van der Waals surface area contributed by atoms with E-state index in [9.17, 15) is 0 Å². The predicted molar refractivity (Wildman–Crippen MR) is 87.5 cm³/mol. The molecule has 0 saturated carbocycles. The van der Waals surface area contributed by atoms with Gasteiger partial charge >= 0.3 is 0 Å². The summed E-state index contributed by atoms with van der Waals surface area (Å²) in [7, 11) is 1.70. The Morgan fingerprint density at radius 1 is 1.35 bits per heavy atom. The van der Waals surface area contributed by atoms with Gasteiger partial charge in [0.05, 0.1) is 26.4 Å². The molecule has 1 saturated heterocycles. The van der Waals surface area contributed by atoms with E-state index < -0.39 is 0 Å². The molecule has 0 aliphatic carbocycles. The maximum Gasteiger partial charge on any atom is 0.147 e. The van der Waals surface area contributed by atoms with Crippen LogP contribution in [0.3, 0.4) is 0 Å². The third kappa shape index (κ3) is 4.09. The van der Waals surface area contributed by atoms with Gasteiger partial charge in [-0.05, 0) is 31.5 Å². The zero-order valence-corrected chi connectivity index (χ0v) is 14.0. The molecule has 23 heavy (non-hydrogen) atoms. The molecule has 0 amide bonds. The van der Waals surface area contributed by atoms with Crippen LogP contribution in [0.1, 0.15) is 17.2 Å². The molecule has 0 unspecified atom stereocenters. The van der Waals surface area contributed by atoms with E-state index in [-0.39, 0.29) is 6.10 Å². The predicted octanol–water partition coefficient (Wildman–Crippen LogP) is 1.80. The number of ether oxygens (including phenoxy) is 2. The first-order valence-electron chi connectivity index (χ1n) is 7.99. The summed E-state index contributed by atoms with van der Waals surface area (Å²) in [5.41, 5.74) is 1.26. The minimum Gasteiger partial charge on any atom is -0.497 e. The molecule has 1 aliphatic heterocycles. The van der Waals surface area contributed by atoms with Gasteiger partial charge in [-0.1, -0.05) is 12.1 Å². The fraction of sp³-hybridized carbons (Fsp3) is 0.529. The lowest BCUT2D eigenvalue weighted by molar-refractivity contribution is -0.0405. The van der Waals surface area contributed by atoms with Gasteiger partial charge in [0.15, 0.2) is 0 Å². The Labute approximate surface area is 137 Å². The number of rotatable bonds is 5. The monoisotopic (exact) mass is 316 g/mol. The molecule has 6 heteroatoms. The van der Waals surface area contributed by atoms with Crippen molar-refractivity contribution in [2.24, 2.45) is 0 Å². The Morgan fingerprint density at radius 3 is 2.96 bits per heavy atom. The molecule has 124 valence electrons. The molecule has 0 spiro atoms. The first-order valence-corrected chi connectivity index (χ1v) is 7.99. The van der Waals surface area contributed by atoms with Gasteiger partial charge in [-0.3, -0.25) is 4.90 Å². The summed E-state index contributed by atoms with van der Waals surface area (Å²) in [5, 5.41) is 4.43. The Bertz CT molecular complexity index is 656. The van der Waals surface area contributed by atoms with Crippen LogP contribution in [0.2, 0.25) is 0 Å². The second kappa shape index (κ2) is 7.10. The average molecular weight is 316 g/mol. The van der Waals surface area contributed by atoms with E-state index in [1.54, 1.807) is 7.11 Å². The van der Waals surface area contributed by atoms with Crippen LogP contribution < -0.4 is 4.74 Å². The summed E-state index contributed by atoms with van der Waals surface area (Å²) >= 11 is 0. The van der Waals surface area contributed by atoms with Crippen LogP contribution in [0.5, 0.6) is 5.75 Å². The molecule has 3 rings (SSSR count). The summed E-state index contributed by atoms with van der Waals surface area (Å²) < 4.78 is 13.1. The van der Waals surface area contributed by atoms with Crippen molar-refractivity contribution in [2.75, 3.05) is 26.8 Å². The zero-order chi connectivity index (χ0) is 16.2. The number of hydrogen-bond donors (Lipinski definition) is 0. The van der Waals surface area contributed by atoms with E-state index in [1.807, 2.05) is 30.7 Å². The fourth-order valence-electron chi connectivity index (χ4n) is 2.99. The Kier molecular flexibility index (Phi) is 4.93. The van der Waals surface area contributed by atoms with Crippen molar-refractivity contribution < 1.29 is 9.47 Å². The Hall–Kier alpha value is -1.92. The molecule has 1 aliphatic rings. The molecule has 1 atom stereocenters. The van der Waals surface area contributed by atoms with Gasteiger partial charge in [0.1, 0.15) is 17.4 Å². The van der Waals surface area contributed by atoms with Crippen molar-refractivity contribution in [1.82, 2.24) is 19.7 Å². The molecule has 0 radical (unpaired) electrons. The number of hydrogen-bond acceptors (Lipinski definition) is 5. The number of aromatic nitrogens is 3. The maximum absolute atomic E-state index is 5.90. The molecule has 1 fully saturated rings. The average Bonchev–Trinajstić information content (AvgIpc) is 2.85. The highest BCUT2D eigenvalue weighted by Crippen LogP contribution is 2.16. The number of nitrogens with zero attached hydrogens (tertiary/aromatic N) is 4. The van der Waals surface area contributed by atoms with Gasteiger partial charge in [0, 0.05) is 19.6 Å². The first kappa shape index (κ1) is 16.0. The smallest absolute Gasteiger partial charge is 0.147 e. The van der Waals surface area contributed by atoms with Gasteiger partial charge in [-0.15, -0.1) is 0 Å². The van der Waals surface area contributed by atoms with Gasteiger partial charge in [-0.2, -0.15) is 5.10 Å². The molecule has 2 heterocycles. The van der Waals surface area contributed by atoms with Crippen LogP contribution in [0.25, 0.3) is 0 Å². The van der Waals surface area contributed by atoms with E-state index >= 15 is 0 Å². The molecule has 1 aromatic heterocycles. The highest BCUT2D eigenvalue weighted by atomic mass is 16.5. The summed E-state index contributed by atoms with van der Waals surface area (Å²) in [4.78, 5) is 6.77. The van der Waals surface area contributed by atoms with Crippen molar-refractivity contribution in [2.45, 2.75) is 33.0 Å². The largest absolute Gasteiger partial charge is 0.497 e. The lowest BCUT2D eigenvalue weighted by Gasteiger charge is -2.33. The van der Waals surface area contributed by atoms with Crippen molar-refractivity contribution in [1.29, 1.82) is 0 Å². The highest BCUT2D eigenvalue weighted by Gasteiger charge is 2.22. The molecule has 0 bridgehead atoms. The van der Waals surface area contributed by atoms with Crippen molar-refractivity contribution in [3.8, 4) is 5.75 Å². The van der Waals surface area contributed by atoms with Crippen LogP contribution in [-0.2, 0) is 17.8 Å². The number of benzene rings is 1. The summed E-state index contributed by atoms with van der Waals surface area (Å²) in [6.45, 7) is 8.16. The number of methoxy groups -OCH3 is 1. The van der Waals surface area contributed by atoms with Crippen LogP contribution in [0, 0.1) is 13.8 Å². The molecular weight excluding hydrogens is 292 g/mol. The molecule has 0 N–H and O–H groups in total. The van der Waals surface area contributed by atoms with E-state index in [0.717, 1.165) is 50.2 Å². The first-order chi connectivity index (χ1) is 11.1. The summed E-state index contributed by atoms with van der Waals surface area (Å²) in [6.07, 6.45) is 0.147. The van der Waals surface area contributed by atoms with Crippen molar-refractivity contribution in [3.05, 3.63) is 41.5 Å². The Balaban J connectivity index is 1.60. The van der Waals surface area contributed by atoms with Crippen molar-refractivity contribution >= 4 is 0 Å². The van der Waals surface area contributed by atoms with Crippen LogP contribution >= 0.6 is 0 Å². The SMILES string of the molecule is COc1cccc(CN2CCO[C@@H](Cn3nc(C)nc3C)C2)c1. The summed E-state index contributed by atoms with van der Waals surface area (Å²) in [5.74, 6) is 2.66. The van der Waals surface area contributed by atoms with Crippen LogP contribution in [0.15, 0.2) is 24.3 Å². The van der Waals surface area contributed by atoms with E-state index in [0.29, 0.717) is 0 Å². The van der Waals surface area contributed by atoms with Gasteiger partial charge in [0.2, 0.25) is 0 Å². The standard InChI is InChI=1S/C17H24N4O2/c1-13-18-14(2)21(19-13)12-17-11-20(7-8-23-17)10-15-5-4-6-16(9-15)22-3/h4-6,9,17H,7-8,10-12H2,1-3H3/t17-/m1/s1. The Morgan fingerprint density at radius 2 is 2.22 bits per heavy atom. The van der Waals surface area contributed by atoms with Gasteiger partial charge in [-0.25, -0.2) is 9.67 Å². The quantitative estimate of drug-likeness (QED) is 0.842. The van der Waals surface area contributed by atoms with Crippen LogP contribution in [-0.4, -0.2) is 52.6 Å². The molecular formula is C17H24N4O2. The number of morpholine rings is 1. The minimum absolute atomic E-state index is 0.147. The molecule has 1 aromatic carbocycles. The van der Waals surface area contributed by atoms with E-state index in [2.05, 4.69) is 27.1 Å². The topological polar surface area (TPSA) is 52.4 Å². The summed E-state index contributed by atoms with van der Waals surface area (Å²) in [6, 6.07) is 8.24. The number of aryl methyl sites for hydroxylation is 2. The second-order valence-electron chi connectivity index (χ2n) is 5.97. The lowest BCUT2D eigenvalue weighted by atomic mass is 10.1. The maximum atomic E-state index is 5.90. The molecule has 6 nitrogen and oxygen atoms in total. The molecule has 2 aromatic rings. The zero-order valence-electron chi connectivity index (χ0n) is 14.0. The van der Waals surface area contributed by atoms with E-state index in [4.69, 9.17) is 9.47 Å². The third-order valence-corrected chi connectivity index (χ3v) is 4.10.